The molecule has 0 fully saturated rings. The van der Waals surface area contributed by atoms with E-state index in [4.69, 9.17) is 4.55 Å². The summed E-state index contributed by atoms with van der Waals surface area (Å²) in [6.07, 6.45) is 0. The molecule has 0 aliphatic heterocycles. The van der Waals surface area contributed by atoms with Gasteiger partial charge in [0.2, 0.25) is 0 Å². The van der Waals surface area contributed by atoms with Crippen molar-refractivity contribution >= 4 is 80.7 Å². The van der Waals surface area contributed by atoms with E-state index in [1.807, 2.05) is 30.3 Å². The average molecular weight is 667 g/mol. The van der Waals surface area contributed by atoms with E-state index in [0.29, 0.717) is 0 Å². The Balaban J connectivity index is 0. The molecule has 2 aromatic rings. The van der Waals surface area contributed by atoms with Gasteiger partial charge in [-0.25, -0.2) is 4.21 Å². The average Bonchev–Trinajstić information content (AvgIpc) is 2.60. The van der Waals surface area contributed by atoms with E-state index >= 15 is 0 Å². The standard InChI is InChI=1S/C6H6O10S6.C6H6S.2Zn/c7-18(8)2-1(17)3(19(9)10)5(21(13)14)6(22(15)16)4(2)20(11)12;7-6-4-2-1-3-5-6;;/h17H,(H,7,8)(H,9,10)(H,11,12)(H,13,14)(H,15,16);1-5,7H;;/q;;2*+2/p-4. The van der Waals surface area contributed by atoms with E-state index in [0.717, 1.165) is 4.90 Å². The van der Waals surface area contributed by atoms with Crippen molar-refractivity contribution in [3.63, 3.8) is 0 Å². The second-order valence-corrected chi connectivity index (χ2v) is 9.90. The summed E-state index contributed by atoms with van der Waals surface area (Å²) in [6.45, 7) is 0. The van der Waals surface area contributed by atoms with E-state index in [1.54, 1.807) is 0 Å². The van der Waals surface area contributed by atoms with E-state index in [2.05, 4.69) is 25.3 Å². The van der Waals surface area contributed by atoms with Crippen LogP contribution in [0.15, 0.2) is 64.6 Å². The molecule has 5 atom stereocenters. The second-order valence-electron chi connectivity index (χ2n) is 4.52. The van der Waals surface area contributed by atoms with Crippen LogP contribution in [-0.2, 0) is 94.4 Å². The molecule has 0 saturated heterocycles. The Morgan fingerprint density at radius 1 is 0.613 bits per heavy atom. The molecule has 19 heteroatoms. The zero-order valence-electron chi connectivity index (χ0n) is 14.9. The van der Waals surface area contributed by atoms with Gasteiger partial charge in [0.1, 0.15) is 0 Å². The predicted octanol–water partition coefficient (Wildman–Crippen LogP) is 0.478. The first-order valence-corrected chi connectivity index (χ1v) is 12.9. The molecule has 0 aromatic heterocycles. The molecule has 0 radical (unpaired) electrons. The number of rotatable bonds is 5. The van der Waals surface area contributed by atoms with Crippen molar-refractivity contribution in [2.24, 2.45) is 0 Å². The summed E-state index contributed by atoms with van der Waals surface area (Å²) < 4.78 is 109. The second kappa shape index (κ2) is 15.8. The fourth-order valence-corrected chi connectivity index (χ4v) is 7.29. The van der Waals surface area contributed by atoms with Gasteiger partial charge in [0.05, 0.1) is 24.5 Å². The molecule has 2 rings (SSSR count). The van der Waals surface area contributed by atoms with Crippen molar-refractivity contribution in [1.29, 1.82) is 0 Å². The Labute approximate surface area is 225 Å². The first kappa shape index (κ1) is 34.1. The van der Waals surface area contributed by atoms with E-state index in [-0.39, 0.29) is 39.0 Å². The molecule has 0 aliphatic rings. The van der Waals surface area contributed by atoms with Gasteiger partial charge < -0.3 is 22.8 Å². The van der Waals surface area contributed by atoms with Crippen LogP contribution in [0, 0.1) is 0 Å². The quantitative estimate of drug-likeness (QED) is 0.229. The fourth-order valence-electron chi connectivity index (χ4n) is 1.83. The third-order valence-electron chi connectivity index (χ3n) is 2.85. The number of hydrogen-bond acceptors (Lipinski definition) is 11. The van der Waals surface area contributed by atoms with E-state index < -0.39 is 84.8 Å². The molecule has 162 valence electrons. The number of thiol groups is 2. The van der Waals surface area contributed by atoms with Gasteiger partial charge in [0.15, 0.2) is 11.1 Å². The third kappa shape index (κ3) is 9.24. The first-order valence-electron chi connectivity index (χ1n) is 6.56. The predicted molar refractivity (Wildman–Crippen MR) is 105 cm³/mol. The Kier molecular flexibility index (Phi) is 17.3. The summed E-state index contributed by atoms with van der Waals surface area (Å²) in [5.74, 6) is 0. The monoisotopic (exact) mass is 664 g/mol. The van der Waals surface area contributed by atoms with E-state index in [9.17, 15) is 39.3 Å². The Morgan fingerprint density at radius 2 is 0.935 bits per heavy atom. The third-order valence-corrected chi connectivity index (χ3v) is 8.14. The van der Waals surface area contributed by atoms with Crippen molar-refractivity contribution < 1.29 is 82.8 Å². The Hall–Kier alpha value is 0.937. The van der Waals surface area contributed by atoms with Crippen LogP contribution in [0.25, 0.3) is 0 Å². The topological polar surface area (TPSA) is 198 Å². The van der Waals surface area contributed by atoms with Crippen molar-refractivity contribution in [1.82, 2.24) is 0 Å². The smallest absolute Gasteiger partial charge is 0.768 e. The molecule has 31 heavy (non-hydrogen) atoms. The van der Waals surface area contributed by atoms with Crippen LogP contribution in [0.1, 0.15) is 0 Å². The summed E-state index contributed by atoms with van der Waals surface area (Å²) in [5, 5.41) is 0. The van der Waals surface area contributed by atoms with Gasteiger partial charge in [0, 0.05) is 9.79 Å². The Morgan fingerprint density at radius 3 is 1.19 bits per heavy atom. The zero-order valence-corrected chi connectivity index (χ0v) is 26.7. The summed E-state index contributed by atoms with van der Waals surface area (Å²) in [5.41, 5.74) is 0. The van der Waals surface area contributed by atoms with Gasteiger partial charge in [-0.2, -0.15) is 0 Å². The zero-order chi connectivity index (χ0) is 22.5. The van der Waals surface area contributed by atoms with Crippen molar-refractivity contribution in [3.05, 3.63) is 30.3 Å². The molecule has 10 nitrogen and oxygen atoms in total. The van der Waals surface area contributed by atoms with Gasteiger partial charge >= 0.3 is 39.0 Å². The molecule has 0 aliphatic carbocycles. The van der Waals surface area contributed by atoms with Gasteiger partial charge in [-0.05, 0) is 56.5 Å². The largest absolute Gasteiger partial charge is 2.00 e. The molecular weight excluding hydrogens is 659 g/mol. The SMILES string of the molecule is O=S([O-])c1c(S)c(S(=O)[O-])c(S(=O)O)c(S(=O)[O-])c1S(=O)[O-].Sc1ccccc1.[Zn+2].[Zn+2]. The molecular formula is C12H8O10S7Zn2. The van der Waals surface area contributed by atoms with Crippen LogP contribution in [0.5, 0.6) is 0 Å². The summed E-state index contributed by atoms with van der Waals surface area (Å²) in [4.78, 5) is -6.56. The van der Waals surface area contributed by atoms with Crippen molar-refractivity contribution in [2.75, 3.05) is 0 Å². The molecule has 0 bridgehead atoms. The Bertz CT molecular complexity index is 981. The molecule has 1 N–H and O–H groups in total. The fraction of sp³-hybridized carbons (Fsp3) is 0. The van der Waals surface area contributed by atoms with Gasteiger partial charge in [0.25, 0.3) is 0 Å². The molecule has 0 amide bonds. The molecule has 5 unspecified atom stereocenters. The minimum Gasteiger partial charge on any atom is -0.768 e. The molecule has 2 aromatic carbocycles. The van der Waals surface area contributed by atoms with Crippen molar-refractivity contribution in [3.8, 4) is 0 Å². The van der Waals surface area contributed by atoms with Crippen molar-refractivity contribution in [2.45, 2.75) is 34.3 Å². The molecule has 0 heterocycles. The maximum Gasteiger partial charge on any atom is 2.00 e. The van der Waals surface area contributed by atoms with Crippen LogP contribution in [-0.4, -0.2) is 43.8 Å². The van der Waals surface area contributed by atoms with Crippen LogP contribution in [0.4, 0.5) is 0 Å². The van der Waals surface area contributed by atoms with Gasteiger partial charge in [-0.1, -0.05) is 18.2 Å². The van der Waals surface area contributed by atoms with Crippen LogP contribution in [0.3, 0.4) is 0 Å². The maximum atomic E-state index is 11.2. The number of hydrogen-bond donors (Lipinski definition) is 3. The molecule has 0 saturated carbocycles. The minimum atomic E-state index is -3.53. The summed E-state index contributed by atoms with van der Waals surface area (Å²) >= 11 is -9.43. The van der Waals surface area contributed by atoms with E-state index in [1.165, 1.54) is 0 Å². The summed E-state index contributed by atoms with van der Waals surface area (Å²) in [7, 11) is 0. The van der Waals surface area contributed by atoms with Gasteiger partial charge in [-0.3, -0.25) is 16.8 Å². The van der Waals surface area contributed by atoms with Gasteiger partial charge in [-0.15, -0.1) is 25.3 Å². The van der Waals surface area contributed by atoms with Crippen LogP contribution >= 0.6 is 25.3 Å². The molecule has 0 spiro atoms. The normalized spacial score (nSPS) is 15.1. The van der Waals surface area contributed by atoms with Crippen LogP contribution in [0.2, 0.25) is 0 Å². The summed E-state index contributed by atoms with van der Waals surface area (Å²) in [6, 6.07) is 9.79. The maximum absolute atomic E-state index is 11.2. The minimum absolute atomic E-state index is 0. The first-order chi connectivity index (χ1) is 13.4. The number of benzene rings is 2. The van der Waals surface area contributed by atoms with Crippen LogP contribution < -0.4 is 0 Å².